The topological polar surface area (TPSA) is 40.5 Å². The summed E-state index contributed by atoms with van der Waals surface area (Å²) in [5.74, 6) is 5.87. The molecule has 0 aromatic heterocycles. The molecule has 19 heavy (non-hydrogen) atoms. The van der Waals surface area contributed by atoms with Crippen molar-refractivity contribution in [3.05, 3.63) is 34.3 Å². The van der Waals surface area contributed by atoms with Crippen LogP contribution in [0.25, 0.3) is 0 Å². The minimum Gasteiger partial charge on any atom is -0.384 e. The van der Waals surface area contributed by atoms with E-state index in [1.807, 2.05) is 4.90 Å². The van der Waals surface area contributed by atoms with Gasteiger partial charge >= 0.3 is 0 Å². The molecule has 1 aliphatic rings. The molecule has 0 bridgehead atoms. The Morgan fingerprint density at radius 2 is 2.37 bits per heavy atom. The average Bonchev–Trinajstić information content (AvgIpc) is 2.83. The van der Waals surface area contributed by atoms with Gasteiger partial charge in [0.2, 0.25) is 0 Å². The Bertz CT molecular complexity index is 545. The van der Waals surface area contributed by atoms with Crippen LogP contribution in [0.3, 0.4) is 0 Å². The molecule has 0 radical (unpaired) electrons. The summed E-state index contributed by atoms with van der Waals surface area (Å²) in [6, 6.07) is 5.10. The second kappa shape index (κ2) is 6.10. The van der Waals surface area contributed by atoms with Gasteiger partial charge in [0.15, 0.2) is 0 Å². The molecule has 0 saturated carbocycles. The van der Waals surface area contributed by atoms with E-state index in [-0.39, 0.29) is 12.5 Å². The van der Waals surface area contributed by atoms with Crippen molar-refractivity contribution < 1.29 is 9.90 Å². The molecule has 1 atom stereocenters. The molecule has 1 fully saturated rings. The lowest BCUT2D eigenvalue weighted by atomic mass is 10.1. The minimum absolute atomic E-state index is 0.0212. The Morgan fingerprint density at radius 3 is 2.95 bits per heavy atom. The Labute approximate surface area is 118 Å². The zero-order valence-electron chi connectivity index (χ0n) is 10.8. The second-order valence-electron chi connectivity index (χ2n) is 4.80. The lowest BCUT2D eigenvalue weighted by molar-refractivity contribution is 0.0788. The van der Waals surface area contributed by atoms with Gasteiger partial charge in [-0.25, -0.2) is 0 Å². The van der Waals surface area contributed by atoms with E-state index in [4.69, 9.17) is 16.7 Å². The number of halogens is 1. The lowest BCUT2D eigenvalue weighted by Gasteiger charge is -2.16. The molecule has 1 saturated heterocycles. The number of carbonyl (C=O) groups is 1. The van der Waals surface area contributed by atoms with Crippen molar-refractivity contribution in [1.29, 1.82) is 0 Å². The van der Waals surface area contributed by atoms with Crippen LogP contribution in [-0.2, 0) is 0 Å². The van der Waals surface area contributed by atoms with Gasteiger partial charge in [-0.05, 0) is 30.5 Å². The van der Waals surface area contributed by atoms with Crippen molar-refractivity contribution in [3.63, 3.8) is 0 Å². The van der Waals surface area contributed by atoms with Crippen LogP contribution in [0.5, 0.6) is 0 Å². The molecule has 1 amide bonds. The maximum Gasteiger partial charge on any atom is 0.253 e. The molecule has 4 heteroatoms. The quantitative estimate of drug-likeness (QED) is 0.799. The highest BCUT2D eigenvalue weighted by molar-refractivity contribution is 6.32. The zero-order valence-corrected chi connectivity index (χ0v) is 11.6. The van der Waals surface area contributed by atoms with E-state index in [1.54, 1.807) is 18.2 Å². The van der Waals surface area contributed by atoms with E-state index in [0.29, 0.717) is 22.1 Å². The number of amides is 1. The van der Waals surface area contributed by atoms with Gasteiger partial charge in [0, 0.05) is 24.2 Å². The number of benzene rings is 1. The molecule has 0 spiro atoms. The number of hydrogen-bond acceptors (Lipinski definition) is 2. The number of aliphatic hydroxyl groups excluding tert-OH is 1. The number of aliphatic hydroxyl groups is 1. The van der Waals surface area contributed by atoms with Crippen LogP contribution in [0.2, 0.25) is 5.02 Å². The lowest BCUT2D eigenvalue weighted by Crippen LogP contribution is -2.28. The third kappa shape index (κ3) is 3.28. The highest BCUT2D eigenvalue weighted by Crippen LogP contribution is 2.21. The zero-order chi connectivity index (χ0) is 13.8. The Kier molecular flexibility index (Phi) is 4.47. The van der Waals surface area contributed by atoms with Crippen molar-refractivity contribution in [2.45, 2.75) is 13.3 Å². The summed E-state index contributed by atoms with van der Waals surface area (Å²) < 4.78 is 0. The van der Waals surface area contributed by atoms with Gasteiger partial charge in [-0.3, -0.25) is 4.79 Å². The maximum absolute atomic E-state index is 12.3. The molecule has 1 heterocycles. The van der Waals surface area contributed by atoms with Gasteiger partial charge in [0.05, 0.1) is 5.02 Å². The molecule has 3 nitrogen and oxygen atoms in total. The summed E-state index contributed by atoms with van der Waals surface area (Å²) in [5.41, 5.74) is 1.22. The molecule has 1 N–H and O–H groups in total. The first-order valence-electron chi connectivity index (χ1n) is 6.30. The minimum atomic E-state index is -0.206. The summed E-state index contributed by atoms with van der Waals surface area (Å²) in [6.45, 7) is 3.56. The van der Waals surface area contributed by atoms with Crippen molar-refractivity contribution >= 4 is 17.5 Å². The van der Waals surface area contributed by atoms with Crippen LogP contribution in [0.4, 0.5) is 0 Å². The van der Waals surface area contributed by atoms with Crippen molar-refractivity contribution in [3.8, 4) is 11.8 Å². The molecule has 0 aliphatic carbocycles. The smallest absolute Gasteiger partial charge is 0.253 e. The third-order valence-corrected chi connectivity index (χ3v) is 3.54. The predicted octanol–water partition coefficient (Wildman–Crippen LogP) is 2.17. The first-order chi connectivity index (χ1) is 9.11. The van der Waals surface area contributed by atoms with E-state index >= 15 is 0 Å². The Hall–Kier alpha value is -1.50. The average molecular weight is 278 g/mol. The number of hydrogen-bond donors (Lipinski definition) is 1. The molecule has 100 valence electrons. The van der Waals surface area contributed by atoms with Crippen molar-refractivity contribution in [2.24, 2.45) is 5.92 Å². The van der Waals surface area contributed by atoms with Crippen LogP contribution in [0.15, 0.2) is 18.2 Å². The summed E-state index contributed by atoms with van der Waals surface area (Å²) in [4.78, 5) is 14.1. The highest BCUT2D eigenvalue weighted by atomic mass is 35.5. The highest BCUT2D eigenvalue weighted by Gasteiger charge is 2.24. The maximum atomic E-state index is 12.3. The van der Waals surface area contributed by atoms with Crippen LogP contribution in [0.1, 0.15) is 29.3 Å². The molecule has 1 unspecified atom stereocenters. The first-order valence-corrected chi connectivity index (χ1v) is 6.68. The van der Waals surface area contributed by atoms with E-state index in [0.717, 1.165) is 19.5 Å². The fourth-order valence-electron chi connectivity index (χ4n) is 2.19. The monoisotopic (exact) mass is 277 g/mol. The third-order valence-electron chi connectivity index (χ3n) is 3.23. The van der Waals surface area contributed by atoms with Crippen molar-refractivity contribution in [2.75, 3.05) is 19.7 Å². The van der Waals surface area contributed by atoms with Crippen LogP contribution >= 0.6 is 11.6 Å². The number of rotatable bonds is 1. The number of nitrogens with zero attached hydrogens (tertiary/aromatic N) is 1. The standard InChI is InChI=1S/C15H16ClNO2/c1-11-6-7-17(10-11)15(19)13-5-4-12(3-2-8-18)14(16)9-13/h4-5,9,11,18H,6-8,10H2,1H3. The number of likely N-dealkylation sites (tertiary alicyclic amines) is 1. The predicted molar refractivity (Wildman–Crippen MR) is 75.1 cm³/mol. The van der Waals surface area contributed by atoms with E-state index in [1.165, 1.54) is 0 Å². The van der Waals surface area contributed by atoms with Gasteiger partial charge in [-0.1, -0.05) is 30.4 Å². The van der Waals surface area contributed by atoms with Crippen LogP contribution in [0, 0.1) is 17.8 Å². The van der Waals surface area contributed by atoms with E-state index in [9.17, 15) is 4.79 Å². The molecule has 1 aromatic rings. The van der Waals surface area contributed by atoms with Gasteiger partial charge in [-0.2, -0.15) is 0 Å². The first kappa shape index (κ1) is 13.9. The van der Waals surface area contributed by atoms with Gasteiger partial charge in [0.25, 0.3) is 5.91 Å². The molecule has 1 aromatic carbocycles. The molecule has 1 aliphatic heterocycles. The normalized spacial score (nSPS) is 18.1. The van der Waals surface area contributed by atoms with E-state index < -0.39 is 0 Å². The Balaban J connectivity index is 2.17. The number of carbonyl (C=O) groups excluding carboxylic acids is 1. The second-order valence-corrected chi connectivity index (χ2v) is 5.21. The summed E-state index contributed by atoms with van der Waals surface area (Å²) in [7, 11) is 0. The van der Waals surface area contributed by atoms with Crippen LogP contribution in [-0.4, -0.2) is 35.6 Å². The fraction of sp³-hybridized carbons (Fsp3) is 0.400. The van der Waals surface area contributed by atoms with E-state index in [2.05, 4.69) is 18.8 Å². The fourth-order valence-corrected chi connectivity index (χ4v) is 2.41. The molecular weight excluding hydrogens is 262 g/mol. The summed E-state index contributed by atoms with van der Waals surface area (Å²) in [6.07, 6.45) is 1.06. The summed E-state index contributed by atoms with van der Waals surface area (Å²) in [5, 5.41) is 9.10. The van der Waals surface area contributed by atoms with Gasteiger partial charge in [0.1, 0.15) is 6.61 Å². The SMILES string of the molecule is CC1CCN(C(=O)c2ccc(C#CCO)c(Cl)c2)C1. The van der Waals surface area contributed by atoms with Gasteiger partial charge in [-0.15, -0.1) is 0 Å². The van der Waals surface area contributed by atoms with Crippen molar-refractivity contribution in [1.82, 2.24) is 4.90 Å². The summed E-state index contributed by atoms with van der Waals surface area (Å²) >= 11 is 6.09. The van der Waals surface area contributed by atoms with Gasteiger partial charge < -0.3 is 10.0 Å². The van der Waals surface area contributed by atoms with Crippen LogP contribution < -0.4 is 0 Å². The molecular formula is C15H16ClNO2. The Morgan fingerprint density at radius 1 is 1.58 bits per heavy atom. The molecule has 2 rings (SSSR count). The largest absolute Gasteiger partial charge is 0.384 e.